The van der Waals surface area contributed by atoms with Crippen LogP contribution in [0.25, 0.3) is 0 Å². The zero-order valence-corrected chi connectivity index (χ0v) is 8.75. The van der Waals surface area contributed by atoms with Crippen molar-refractivity contribution in [3.8, 4) is 0 Å². The number of hydrogen-bond donors (Lipinski definition) is 1. The molecule has 0 saturated carbocycles. The first-order valence-corrected chi connectivity index (χ1v) is 4.93. The summed E-state index contributed by atoms with van der Waals surface area (Å²) in [6.07, 6.45) is 3.05. The molecule has 2 unspecified atom stereocenters. The third-order valence-electron chi connectivity index (χ3n) is 2.00. The molecule has 0 radical (unpaired) electrons. The normalized spacial score (nSPS) is 15.1. The SMILES string of the molecule is CCCCCC(O)C(C)OC(C)=O. The second-order valence-electron chi connectivity index (χ2n) is 3.38. The average molecular weight is 188 g/mol. The first-order chi connectivity index (χ1) is 6.07. The highest BCUT2D eigenvalue weighted by atomic mass is 16.6. The molecule has 0 rings (SSSR count). The molecule has 0 aromatic carbocycles. The molecule has 0 spiro atoms. The highest BCUT2D eigenvalue weighted by Crippen LogP contribution is 2.09. The Morgan fingerprint density at radius 3 is 2.54 bits per heavy atom. The number of aliphatic hydroxyl groups is 1. The largest absolute Gasteiger partial charge is 0.460 e. The Labute approximate surface area is 80.1 Å². The Kier molecular flexibility index (Phi) is 6.59. The van der Waals surface area contributed by atoms with Crippen LogP contribution in [-0.2, 0) is 9.53 Å². The van der Waals surface area contributed by atoms with E-state index in [1.54, 1.807) is 6.92 Å². The molecule has 0 saturated heterocycles. The van der Waals surface area contributed by atoms with Gasteiger partial charge in [-0.1, -0.05) is 26.2 Å². The van der Waals surface area contributed by atoms with Crippen molar-refractivity contribution in [2.45, 2.75) is 58.7 Å². The van der Waals surface area contributed by atoms with E-state index >= 15 is 0 Å². The Balaban J connectivity index is 3.56. The van der Waals surface area contributed by atoms with E-state index in [0.29, 0.717) is 6.42 Å². The van der Waals surface area contributed by atoms with Crippen LogP contribution in [0.15, 0.2) is 0 Å². The van der Waals surface area contributed by atoms with Gasteiger partial charge < -0.3 is 9.84 Å². The van der Waals surface area contributed by atoms with Crippen LogP contribution < -0.4 is 0 Å². The van der Waals surface area contributed by atoms with Crippen molar-refractivity contribution in [3.63, 3.8) is 0 Å². The summed E-state index contributed by atoms with van der Waals surface area (Å²) in [6.45, 7) is 5.19. The van der Waals surface area contributed by atoms with Crippen LogP contribution in [0, 0.1) is 0 Å². The number of ether oxygens (including phenoxy) is 1. The van der Waals surface area contributed by atoms with Crippen LogP contribution in [-0.4, -0.2) is 23.3 Å². The van der Waals surface area contributed by atoms with E-state index < -0.39 is 6.10 Å². The van der Waals surface area contributed by atoms with Gasteiger partial charge in [0.2, 0.25) is 0 Å². The molecule has 78 valence electrons. The maximum atomic E-state index is 10.6. The van der Waals surface area contributed by atoms with Crippen molar-refractivity contribution in [2.75, 3.05) is 0 Å². The summed E-state index contributed by atoms with van der Waals surface area (Å²) in [4.78, 5) is 10.6. The molecule has 2 atom stereocenters. The second kappa shape index (κ2) is 6.89. The molecule has 0 bridgehead atoms. The summed E-state index contributed by atoms with van der Waals surface area (Å²) in [6, 6.07) is 0. The molecule has 0 fully saturated rings. The topological polar surface area (TPSA) is 46.5 Å². The quantitative estimate of drug-likeness (QED) is 0.511. The lowest BCUT2D eigenvalue weighted by molar-refractivity contribution is -0.151. The number of esters is 1. The number of rotatable bonds is 6. The maximum Gasteiger partial charge on any atom is 0.302 e. The van der Waals surface area contributed by atoms with Crippen molar-refractivity contribution in [1.82, 2.24) is 0 Å². The molecule has 0 aliphatic carbocycles. The molecule has 0 aromatic heterocycles. The van der Waals surface area contributed by atoms with Gasteiger partial charge in [0.25, 0.3) is 0 Å². The van der Waals surface area contributed by atoms with E-state index in [9.17, 15) is 9.90 Å². The van der Waals surface area contributed by atoms with E-state index in [4.69, 9.17) is 4.74 Å². The van der Waals surface area contributed by atoms with E-state index in [1.807, 2.05) is 0 Å². The minimum absolute atomic E-state index is 0.331. The van der Waals surface area contributed by atoms with Crippen molar-refractivity contribution < 1.29 is 14.6 Å². The predicted octanol–water partition coefficient (Wildman–Crippen LogP) is 1.88. The molecule has 0 aliphatic rings. The first kappa shape index (κ1) is 12.4. The van der Waals surface area contributed by atoms with E-state index in [1.165, 1.54) is 6.92 Å². The Hall–Kier alpha value is -0.570. The summed E-state index contributed by atoms with van der Waals surface area (Å²) >= 11 is 0. The number of hydrogen-bond acceptors (Lipinski definition) is 3. The van der Waals surface area contributed by atoms with E-state index in [-0.39, 0.29) is 12.1 Å². The lowest BCUT2D eigenvalue weighted by Gasteiger charge is -2.18. The molecule has 1 N–H and O–H groups in total. The monoisotopic (exact) mass is 188 g/mol. The van der Waals surface area contributed by atoms with Crippen LogP contribution in [0.3, 0.4) is 0 Å². The van der Waals surface area contributed by atoms with Crippen molar-refractivity contribution in [3.05, 3.63) is 0 Å². The Morgan fingerprint density at radius 2 is 2.08 bits per heavy atom. The smallest absolute Gasteiger partial charge is 0.302 e. The fourth-order valence-electron chi connectivity index (χ4n) is 1.18. The number of aliphatic hydroxyl groups excluding tert-OH is 1. The lowest BCUT2D eigenvalue weighted by atomic mass is 10.1. The Bertz CT molecular complexity index is 145. The van der Waals surface area contributed by atoms with Gasteiger partial charge in [0.15, 0.2) is 0 Å². The zero-order valence-electron chi connectivity index (χ0n) is 8.75. The summed E-state index contributed by atoms with van der Waals surface area (Å²) < 4.78 is 4.85. The van der Waals surface area contributed by atoms with Crippen LogP contribution in [0.1, 0.15) is 46.5 Å². The fraction of sp³-hybridized carbons (Fsp3) is 0.900. The summed E-state index contributed by atoms with van der Waals surface area (Å²) in [5, 5.41) is 9.52. The molecular formula is C10H20O3. The van der Waals surface area contributed by atoms with Gasteiger partial charge in [-0.25, -0.2) is 0 Å². The molecule has 0 aromatic rings. The van der Waals surface area contributed by atoms with Gasteiger partial charge >= 0.3 is 5.97 Å². The van der Waals surface area contributed by atoms with Gasteiger partial charge in [0, 0.05) is 6.92 Å². The van der Waals surface area contributed by atoms with Crippen molar-refractivity contribution in [1.29, 1.82) is 0 Å². The van der Waals surface area contributed by atoms with Crippen LogP contribution in [0.2, 0.25) is 0 Å². The standard InChI is InChI=1S/C10H20O3/c1-4-5-6-7-10(12)8(2)13-9(3)11/h8,10,12H,4-7H2,1-3H3. The highest BCUT2D eigenvalue weighted by molar-refractivity contribution is 5.66. The summed E-state index contributed by atoms with van der Waals surface area (Å²) in [7, 11) is 0. The van der Waals surface area contributed by atoms with Gasteiger partial charge in [-0.3, -0.25) is 4.79 Å². The fourth-order valence-corrected chi connectivity index (χ4v) is 1.18. The highest BCUT2D eigenvalue weighted by Gasteiger charge is 2.15. The van der Waals surface area contributed by atoms with Crippen molar-refractivity contribution >= 4 is 5.97 Å². The van der Waals surface area contributed by atoms with E-state index in [0.717, 1.165) is 19.3 Å². The molecule has 0 heterocycles. The van der Waals surface area contributed by atoms with Crippen molar-refractivity contribution in [2.24, 2.45) is 0 Å². The predicted molar refractivity (Wildman–Crippen MR) is 51.4 cm³/mol. The van der Waals surface area contributed by atoms with Crippen LogP contribution in [0.4, 0.5) is 0 Å². The number of carbonyl (C=O) groups is 1. The first-order valence-electron chi connectivity index (χ1n) is 4.93. The van der Waals surface area contributed by atoms with Gasteiger partial charge in [-0.2, -0.15) is 0 Å². The summed E-state index contributed by atoms with van der Waals surface area (Å²) in [5.41, 5.74) is 0. The van der Waals surface area contributed by atoms with Crippen LogP contribution in [0.5, 0.6) is 0 Å². The lowest BCUT2D eigenvalue weighted by Crippen LogP contribution is -2.27. The second-order valence-corrected chi connectivity index (χ2v) is 3.38. The molecule has 0 aliphatic heterocycles. The third-order valence-corrected chi connectivity index (χ3v) is 2.00. The molecule has 13 heavy (non-hydrogen) atoms. The van der Waals surface area contributed by atoms with E-state index in [2.05, 4.69) is 6.92 Å². The molecule has 3 heteroatoms. The minimum Gasteiger partial charge on any atom is -0.460 e. The van der Waals surface area contributed by atoms with Crippen LogP contribution >= 0.6 is 0 Å². The minimum atomic E-state index is -0.518. The zero-order chi connectivity index (χ0) is 10.3. The molecule has 0 amide bonds. The number of unbranched alkanes of at least 4 members (excludes halogenated alkanes) is 2. The third kappa shape index (κ3) is 6.58. The average Bonchev–Trinajstić information content (AvgIpc) is 2.03. The van der Waals surface area contributed by atoms with Gasteiger partial charge in [0.1, 0.15) is 6.10 Å². The summed E-state index contributed by atoms with van der Waals surface area (Å²) in [5.74, 6) is -0.331. The number of carbonyl (C=O) groups excluding carboxylic acids is 1. The molecule has 3 nitrogen and oxygen atoms in total. The van der Waals surface area contributed by atoms with Gasteiger partial charge in [0.05, 0.1) is 6.10 Å². The molecular weight excluding hydrogens is 168 g/mol. The Morgan fingerprint density at radius 1 is 1.46 bits per heavy atom. The van der Waals surface area contributed by atoms with Gasteiger partial charge in [-0.05, 0) is 13.3 Å². The van der Waals surface area contributed by atoms with Gasteiger partial charge in [-0.15, -0.1) is 0 Å². The maximum absolute atomic E-state index is 10.6.